The first-order valence-corrected chi connectivity index (χ1v) is 9.81. The molecule has 10 heteroatoms. The third kappa shape index (κ3) is 6.41. The molecule has 1 heterocycles. The smallest absolute Gasteiger partial charge is 0.296 e. The van der Waals surface area contributed by atoms with Gasteiger partial charge in [0.25, 0.3) is 10.1 Å². The zero-order chi connectivity index (χ0) is 20.7. The van der Waals surface area contributed by atoms with Crippen molar-refractivity contribution in [2.75, 3.05) is 0 Å². The van der Waals surface area contributed by atoms with Crippen LogP contribution in [0.2, 0.25) is 0 Å². The zero-order valence-electron chi connectivity index (χ0n) is 14.1. The zero-order valence-corrected chi connectivity index (χ0v) is 16.5. The van der Waals surface area contributed by atoms with Crippen molar-refractivity contribution in [3.05, 3.63) is 82.7 Å². The monoisotopic (exact) mass is 468 g/mol. The largest absolute Gasteiger partial charge is 0.439 e. The Labute approximate surface area is 168 Å². The highest BCUT2D eigenvalue weighted by Gasteiger charge is 2.10. The van der Waals surface area contributed by atoms with Crippen LogP contribution in [0, 0.1) is 5.82 Å². The molecule has 28 heavy (non-hydrogen) atoms. The molecule has 0 aliphatic carbocycles. The Morgan fingerprint density at radius 3 is 2.29 bits per heavy atom. The molecule has 3 N–H and O–H groups in total. The third-order valence-corrected chi connectivity index (χ3v) is 4.66. The fourth-order valence-corrected chi connectivity index (χ4v) is 2.85. The van der Waals surface area contributed by atoms with Crippen molar-refractivity contribution in [2.45, 2.75) is 4.90 Å². The van der Waals surface area contributed by atoms with Crippen molar-refractivity contribution < 1.29 is 26.9 Å². The first kappa shape index (κ1) is 21.5. The lowest BCUT2D eigenvalue weighted by molar-refractivity contribution is 0.0999. The van der Waals surface area contributed by atoms with E-state index in [9.17, 15) is 17.6 Å². The van der Waals surface area contributed by atoms with Crippen LogP contribution in [0.3, 0.4) is 0 Å². The minimum Gasteiger partial charge on any atom is -0.439 e. The summed E-state index contributed by atoms with van der Waals surface area (Å²) in [5.74, 6) is -0.123. The van der Waals surface area contributed by atoms with Gasteiger partial charge in [0.1, 0.15) is 16.5 Å². The van der Waals surface area contributed by atoms with Gasteiger partial charge in [0.2, 0.25) is 11.8 Å². The highest BCUT2D eigenvalue weighted by molar-refractivity contribution is 9.10. The number of carbonyl (C=O) groups is 1. The van der Waals surface area contributed by atoms with Gasteiger partial charge in [-0.15, -0.1) is 0 Å². The highest BCUT2D eigenvalue weighted by atomic mass is 79.9. The molecule has 0 aliphatic rings. The summed E-state index contributed by atoms with van der Waals surface area (Å²) in [7, 11) is -4.21. The van der Waals surface area contributed by atoms with Crippen LogP contribution < -0.4 is 10.5 Å². The molecular formula is C18H14BrFN2O5S. The Bertz CT molecular complexity index is 1060. The van der Waals surface area contributed by atoms with Gasteiger partial charge in [-0.25, -0.2) is 9.37 Å². The van der Waals surface area contributed by atoms with E-state index in [2.05, 4.69) is 20.9 Å². The standard InChI is InChI=1S/C11H9NO4S.C7H5BrFNO/c13-17(14,15)10-6-7-11(12-8-10)16-9-4-2-1-3-5-9;8-6-3-4(9)1-2-5(6)7(10)11/h1-8H,(H,13,14,15);1-3H,(H2,10,11). The molecule has 0 atom stereocenters. The first-order chi connectivity index (χ1) is 13.2. The van der Waals surface area contributed by atoms with Gasteiger partial charge in [-0.3, -0.25) is 9.35 Å². The van der Waals surface area contributed by atoms with Gasteiger partial charge in [0.05, 0.1) is 11.8 Å². The Balaban J connectivity index is 0.000000221. The van der Waals surface area contributed by atoms with Crippen molar-refractivity contribution >= 4 is 32.0 Å². The van der Waals surface area contributed by atoms with E-state index >= 15 is 0 Å². The number of primary amides is 1. The maximum absolute atomic E-state index is 12.4. The number of aromatic nitrogens is 1. The van der Waals surface area contributed by atoms with Crippen LogP contribution >= 0.6 is 15.9 Å². The molecule has 0 aliphatic heterocycles. The van der Waals surface area contributed by atoms with E-state index in [1.54, 1.807) is 12.1 Å². The molecule has 0 saturated heterocycles. The molecule has 0 saturated carbocycles. The second kappa shape index (κ2) is 9.40. The molecule has 146 valence electrons. The van der Waals surface area contributed by atoms with Crippen molar-refractivity contribution in [2.24, 2.45) is 5.73 Å². The van der Waals surface area contributed by atoms with Crippen molar-refractivity contribution in [1.82, 2.24) is 4.98 Å². The molecule has 3 rings (SSSR count). The number of carbonyl (C=O) groups excluding carboxylic acids is 1. The summed E-state index contributed by atoms with van der Waals surface area (Å²) in [6.07, 6.45) is 1.04. The number of benzene rings is 2. The highest BCUT2D eigenvalue weighted by Crippen LogP contribution is 2.19. The predicted molar refractivity (Wildman–Crippen MR) is 103 cm³/mol. The number of rotatable bonds is 4. The molecule has 1 amide bonds. The van der Waals surface area contributed by atoms with Gasteiger partial charge in [0, 0.05) is 10.5 Å². The Morgan fingerprint density at radius 1 is 1.11 bits per heavy atom. The van der Waals surface area contributed by atoms with Gasteiger partial charge in [-0.2, -0.15) is 8.42 Å². The summed E-state index contributed by atoms with van der Waals surface area (Å²) >= 11 is 3.01. The molecule has 3 aromatic rings. The maximum Gasteiger partial charge on any atom is 0.296 e. The van der Waals surface area contributed by atoms with Crippen LogP contribution in [0.15, 0.2) is 76.2 Å². The van der Waals surface area contributed by atoms with E-state index in [1.807, 2.05) is 18.2 Å². The number of halogens is 2. The maximum atomic E-state index is 12.4. The number of nitrogens with zero attached hydrogens (tertiary/aromatic N) is 1. The fraction of sp³-hybridized carbons (Fsp3) is 0. The third-order valence-electron chi connectivity index (χ3n) is 3.17. The van der Waals surface area contributed by atoms with Crippen LogP contribution in [0.5, 0.6) is 11.6 Å². The van der Waals surface area contributed by atoms with E-state index in [0.717, 1.165) is 6.20 Å². The molecule has 0 fully saturated rings. The van der Waals surface area contributed by atoms with Gasteiger partial charge in [-0.1, -0.05) is 18.2 Å². The number of para-hydroxylation sites is 1. The first-order valence-electron chi connectivity index (χ1n) is 7.58. The number of ether oxygens (including phenoxy) is 1. The van der Waals surface area contributed by atoms with E-state index in [1.165, 1.54) is 30.3 Å². The molecule has 0 spiro atoms. The number of hydrogen-bond acceptors (Lipinski definition) is 5. The second-order valence-electron chi connectivity index (χ2n) is 5.21. The summed E-state index contributed by atoms with van der Waals surface area (Å²) in [6, 6.07) is 15.3. The van der Waals surface area contributed by atoms with Crippen LogP contribution in [-0.4, -0.2) is 23.9 Å². The predicted octanol–water partition coefficient (Wildman–Crippen LogP) is 3.81. The average Bonchev–Trinajstić information content (AvgIpc) is 2.62. The molecule has 1 aromatic heterocycles. The second-order valence-corrected chi connectivity index (χ2v) is 7.49. The van der Waals surface area contributed by atoms with E-state index in [4.69, 9.17) is 15.0 Å². The number of amides is 1. The minimum absolute atomic E-state index is 0.253. The lowest BCUT2D eigenvalue weighted by atomic mass is 10.2. The van der Waals surface area contributed by atoms with Crippen molar-refractivity contribution in [3.63, 3.8) is 0 Å². The van der Waals surface area contributed by atoms with Gasteiger partial charge in [0.15, 0.2) is 0 Å². The lowest BCUT2D eigenvalue weighted by Crippen LogP contribution is -2.11. The molecular weight excluding hydrogens is 455 g/mol. The van der Waals surface area contributed by atoms with E-state index in [-0.39, 0.29) is 16.3 Å². The van der Waals surface area contributed by atoms with Gasteiger partial charge in [-0.05, 0) is 52.3 Å². The van der Waals surface area contributed by atoms with E-state index in [0.29, 0.717) is 10.2 Å². The topological polar surface area (TPSA) is 120 Å². The fourth-order valence-electron chi connectivity index (χ4n) is 1.88. The quantitative estimate of drug-likeness (QED) is 0.561. The average molecular weight is 469 g/mol. The van der Waals surface area contributed by atoms with Crippen LogP contribution in [0.25, 0.3) is 0 Å². The number of hydrogen-bond donors (Lipinski definition) is 2. The number of pyridine rings is 1. The SMILES string of the molecule is NC(=O)c1ccc(F)cc1Br.O=S(=O)(O)c1ccc(Oc2ccccc2)nc1. The molecule has 0 radical (unpaired) electrons. The minimum atomic E-state index is -4.21. The molecule has 7 nitrogen and oxygen atoms in total. The summed E-state index contributed by atoms with van der Waals surface area (Å²) in [6.45, 7) is 0. The van der Waals surface area contributed by atoms with E-state index < -0.39 is 21.8 Å². The molecule has 2 aromatic carbocycles. The van der Waals surface area contributed by atoms with Crippen molar-refractivity contribution in [3.8, 4) is 11.6 Å². The number of nitrogens with two attached hydrogens (primary N) is 1. The Kier molecular flexibility index (Phi) is 7.21. The van der Waals surface area contributed by atoms with Crippen LogP contribution in [0.4, 0.5) is 4.39 Å². The summed E-state index contributed by atoms with van der Waals surface area (Å²) in [5, 5.41) is 0. The normalized spacial score (nSPS) is 10.5. The van der Waals surface area contributed by atoms with Crippen LogP contribution in [0.1, 0.15) is 10.4 Å². The van der Waals surface area contributed by atoms with Crippen molar-refractivity contribution in [1.29, 1.82) is 0 Å². The van der Waals surface area contributed by atoms with Gasteiger partial charge < -0.3 is 10.5 Å². The lowest BCUT2D eigenvalue weighted by Gasteiger charge is -2.04. The summed E-state index contributed by atoms with van der Waals surface area (Å²) in [5.41, 5.74) is 5.26. The molecule has 0 bridgehead atoms. The summed E-state index contributed by atoms with van der Waals surface area (Å²) < 4.78 is 48.5. The Hall–Kier alpha value is -2.82. The Morgan fingerprint density at radius 2 is 1.79 bits per heavy atom. The van der Waals surface area contributed by atoms with Crippen LogP contribution in [-0.2, 0) is 10.1 Å². The molecule has 0 unspecified atom stereocenters. The van der Waals surface area contributed by atoms with Gasteiger partial charge >= 0.3 is 0 Å². The summed E-state index contributed by atoms with van der Waals surface area (Å²) in [4.78, 5) is 14.1.